The zero-order chi connectivity index (χ0) is 15.1. The Labute approximate surface area is 115 Å². The fourth-order valence-corrected chi connectivity index (χ4v) is 1.33. The Bertz CT molecular complexity index is 516. The molecule has 0 saturated heterocycles. The minimum absolute atomic E-state index is 0.00248. The molecule has 0 heterocycles. The Balaban J connectivity index is 2.61. The first-order chi connectivity index (χ1) is 9.45. The molecule has 0 fully saturated rings. The van der Waals surface area contributed by atoms with E-state index in [4.69, 9.17) is 4.74 Å². The second-order valence-electron chi connectivity index (χ2n) is 3.84. The summed E-state index contributed by atoms with van der Waals surface area (Å²) < 4.78 is 9.53. The number of para-hydroxylation sites is 2. The molecular formula is C12H14N2O6. The fraction of sp³-hybridized carbons (Fsp3) is 0.333. The number of benzene rings is 1. The minimum Gasteiger partial charge on any atom is -0.477 e. The van der Waals surface area contributed by atoms with Crippen molar-refractivity contribution in [2.45, 2.75) is 0 Å². The van der Waals surface area contributed by atoms with Crippen LogP contribution in [-0.2, 0) is 14.3 Å². The number of methoxy groups -OCH3 is 1. The Hall–Kier alpha value is -2.64. The molecule has 8 nitrogen and oxygen atoms in total. The number of nitrogens with zero attached hydrogens (tertiary/aromatic N) is 2. The van der Waals surface area contributed by atoms with Gasteiger partial charge < -0.3 is 14.4 Å². The van der Waals surface area contributed by atoms with Gasteiger partial charge in [0.1, 0.15) is 6.54 Å². The van der Waals surface area contributed by atoms with Crippen LogP contribution in [0, 0.1) is 10.1 Å². The second-order valence-corrected chi connectivity index (χ2v) is 3.84. The summed E-state index contributed by atoms with van der Waals surface area (Å²) >= 11 is 0. The minimum atomic E-state index is -0.599. The molecule has 1 rings (SSSR count). The lowest BCUT2D eigenvalue weighted by atomic mass is 10.3. The number of rotatable bonds is 6. The van der Waals surface area contributed by atoms with Gasteiger partial charge in [0, 0.05) is 13.1 Å². The number of carbonyl (C=O) groups excluding carboxylic acids is 2. The van der Waals surface area contributed by atoms with Crippen molar-refractivity contribution in [3.05, 3.63) is 34.4 Å². The first-order valence-electron chi connectivity index (χ1n) is 5.62. The monoisotopic (exact) mass is 282 g/mol. The van der Waals surface area contributed by atoms with Crippen molar-refractivity contribution in [2.75, 3.05) is 27.3 Å². The third-order valence-corrected chi connectivity index (χ3v) is 2.43. The van der Waals surface area contributed by atoms with Crippen LogP contribution in [0.5, 0.6) is 5.75 Å². The van der Waals surface area contributed by atoms with Gasteiger partial charge in [-0.25, -0.2) is 0 Å². The van der Waals surface area contributed by atoms with E-state index in [1.54, 1.807) is 6.07 Å². The Kier molecular flexibility index (Phi) is 5.45. The van der Waals surface area contributed by atoms with Crippen molar-refractivity contribution in [3.8, 4) is 5.75 Å². The summed E-state index contributed by atoms with van der Waals surface area (Å²) in [4.78, 5) is 33.9. The Morgan fingerprint density at radius 2 is 2.00 bits per heavy atom. The number of amides is 1. The number of nitro benzene ring substituents is 1. The summed E-state index contributed by atoms with van der Waals surface area (Å²) in [6.07, 6.45) is 0. The molecule has 108 valence electrons. The largest absolute Gasteiger partial charge is 0.477 e. The van der Waals surface area contributed by atoms with Crippen LogP contribution in [0.4, 0.5) is 5.69 Å². The maximum absolute atomic E-state index is 11.7. The number of likely N-dealkylation sites (N-methyl/N-ethyl adjacent to an activating group) is 1. The predicted molar refractivity (Wildman–Crippen MR) is 68.2 cm³/mol. The number of esters is 1. The summed E-state index contributed by atoms with van der Waals surface area (Å²) in [5, 5.41) is 10.8. The fourth-order valence-electron chi connectivity index (χ4n) is 1.33. The molecule has 0 N–H and O–H groups in total. The molecule has 20 heavy (non-hydrogen) atoms. The highest BCUT2D eigenvalue weighted by Gasteiger charge is 2.17. The predicted octanol–water partition coefficient (Wildman–Crippen LogP) is 0.605. The summed E-state index contributed by atoms with van der Waals surface area (Å²) in [6.45, 7) is -0.617. The highest BCUT2D eigenvalue weighted by atomic mass is 16.6. The van der Waals surface area contributed by atoms with E-state index in [-0.39, 0.29) is 18.0 Å². The first kappa shape index (κ1) is 15.4. The van der Waals surface area contributed by atoms with Crippen LogP contribution >= 0.6 is 0 Å². The molecule has 0 aromatic heterocycles. The highest BCUT2D eigenvalue weighted by Crippen LogP contribution is 2.25. The first-order valence-corrected chi connectivity index (χ1v) is 5.62. The summed E-state index contributed by atoms with van der Waals surface area (Å²) in [5.74, 6) is -1.06. The van der Waals surface area contributed by atoms with Crippen molar-refractivity contribution in [2.24, 2.45) is 0 Å². The standard InChI is InChI=1S/C12H14N2O6/c1-13(7-12(16)19-2)11(15)8-20-10-6-4-3-5-9(10)14(17)18/h3-6H,7-8H2,1-2H3. The molecule has 0 radical (unpaired) electrons. The lowest BCUT2D eigenvalue weighted by Gasteiger charge is -2.15. The topological polar surface area (TPSA) is 99.0 Å². The molecule has 0 aliphatic carbocycles. The number of hydrogen-bond donors (Lipinski definition) is 0. The molecular weight excluding hydrogens is 268 g/mol. The third-order valence-electron chi connectivity index (χ3n) is 2.43. The average Bonchev–Trinajstić information content (AvgIpc) is 2.44. The lowest BCUT2D eigenvalue weighted by Crippen LogP contribution is -2.36. The van der Waals surface area contributed by atoms with Crippen LogP contribution in [-0.4, -0.2) is 49.0 Å². The van der Waals surface area contributed by atoms with E-state index in [1.807, 2.05) is 0 Å². The Morgan fingerprint density at radius 3 is 2.60 bits per heavy atom. The highest BCUT2D eigenvalue weighted by molar-refractivity contribution is 5.82. The van der Waals surface area contributed by atoms with Gasteiger partial charge in [0.25, 0.3) is 5.91 Å². The molecule has 0 spiro atoms. The molecule has 1 amide bonds. The zero-order valence-corrected chi connectivity index (χ0v) is 11.1. The van der Waals surface area contributed by atoms with Gasteiger partial charge in [-0.05, 0) is 6.07 Å². The number of hydrogen-bond acceptors (Lipinski definition) is 6. The molecule has 0 aliphatic heterocycles. The molecule has 1 aromatic carbocycles. The normalized spacial score (nSPS) is 9.70. The lowest BCUT2D eigenvalue weighted by molar-refractivity contribution is -0.385. The molecule has 0 saturated carbocycles. The van der Waals surface area contributed by atoms with Gasteiger partial charge in [-0.3, -0.25) is 19.7 Å². The Morgan fingerprint density at radius 1 is 1.35 bits per heavy atom. The number of carbonyl (C=O) groups is 2. The summed E-state index contributed by atoms with van der Waals surface area (Å²) in [6, 6.07) is 5.73. The van der Waals surface area contributed by atoms with Gasteiger partial charge in [-0.1, -0.05) is 12.1 Å². The van der Waals surface area contributed by atoms with Crippen LogP contribution in [0.2, 0.25) is 0 Å². The van der Waals surface area contributed by atoms with E-state index in [9.17, 15) is 19.7 Å². The average molecular weight is 282 g/mol. The van der Waals surface area contributed by atoms with Crippen molar-refractivity contribution >= 4 is 17.6 Å². The van der Waals surface area contributed by atoms with Crippen LogP contribution in [0.25, 0.3) is 0 Å². The zero-order valence-electron chi connectivity index (χ0n) is 11.1. The second kappa shape index (κ2) is 7.07. The van der Waals surface area contributed by atoms with Crippen molar-refractivity contribution in [1.82, 2.24) is 4.90 Å². The van der Waals surface area contributed by atoms with E-state index in [0.29, 0.717) is 0 Å². The molecule has 0 aliphatic rings. The molecule has 1 aromatic rings. The van der Waals surface area contributed by atoms with Crippen molar-refractivity contribution in [1.29, 1.82) is 0 Å². The van der Waals surface area contributed by atoms with E-state index in [2.05, 4.69) is 4.74 Å². The SMILES string of the molecule is COC(=O)CN(C)C(=O)COc1ccccc1[N+](=O)[O-]. The van der Waals surface area contributed by atoms with Gasteiger partial charge in [0.2, 0.25) is 0 Å². The smallest absolute Gasteiger partial charge is 0.325 e. The van der Waals surface area contributed by atoms with E-state index < -0.39 is 23.4 Å². The van der Waals surface area contributed by atoms with Gasteiger partial charge in [0.15, 0.2) is 12.4 Å². The number of ether oxygens (including phenoxy) is 2. The molecule has 0 atom stereocenters. The van der Waals surface area contributed by atoms with Gasteiger partial charge >= 0.3 is 11.7 Å². The quantitative estimate of drug-likeness (QED) is 0.430. The van der Waals surface area contributed by atoms with Crippen LogP contribution in [0.15, 0.2) is 24.3 Å². The van der Waals surface area contributed by atoms with Gasteiger partial charge in [0.05, 0.1) is 12.0 Å². The van der Waals surface area contributed by atoms with Crippen LogP contribution < -0.4 is 4.74 Å². The van der Waals surface area contributed by atoms with Gasteiger partial charge in [-0.15, -0.1) is 0 Å². The van der Waals surface area contributed by atoms with Crippen molar-refractivity contribution in [3.63, 3.8) is 0 Å². The third kappa shape index (κ3) is 4.23. The van der Waals surface area contributed by atoms with Crippen LogP contribution in [0.1, 0.15) is 0 Å². The molecule has 0 bridgehead atoms. The van der Waals surface area contributed by atoms with Gasteiger partial charge in [-0.2, -0.15) is 0 Å². The summed E-state index contributed by atoms with van der Waals surface area (Å²) in [7, 11) is 2.62. The van der Waals surface area contributed by atoms with E-state index in [0.717, 1.165) is 4.90 Å². The number of nitro groups is 1. The molecule has 8 heteroatoms. The maximum Gasteiger partial charge on any atom is 0.325 e. The van der Waals surface area contributed by atoms with E-state index in [1.165, 1.54) is 32.4 Å². The summed E-state index contributed by atoms with van der Waals surface area (Å²) in [5.41, 5.74) is -0.226. The molecule has 0 unspecified atom stereocenters. The van der Waals surface area contributed by atoms with Crippen molar-refractivity contribution < 1.29 is 24.0 Å². The maximum atomic E-state index is 11.7. The van der Waals surface area contributed by atoms with Crippen LogP contribution in [0.3, 0.4) is 0 Å². The van der Waals surface area contributed by atoms with E-state index >= 15 is 0 Å².